The van der Waals surface area contributed by atoms with E-state index in [2.05, 4.69) is 91.8 Å². The van der Waals surface area contributed by atoms with E-state index >= 15 is 0 Å². The summed E-state index contributed by atoms with van der Waals surface area (Å²) in [5.41, 5.74) is 9.31. The lowest BCUT2D eigenvalue weighted by atomic mass is 9.80. The van der Waals surface area contributed by atoms with Gasteiger partial charge in [0.2, 0.25) is 0 Å². The molecule has 3 heterocycles. The van der Waals surface area contributed by atoms with Crippen LogP contribution in [0.1, 0.15) is 96.7 Å². The molecule has 0 bridgehead atoms. The lowest BCUT2D eigenvalue weighted by Crippen LogP contribution is -2.36. The van der Waals surface area contributed by atoms with Crippen LogP contribution in [0, 0.1) is 33.6 Å². The summed E-state index contributed by atoms with van der Waals surface area (Å²) < 4.78 is 78.5. The van der Waals surface area contributed by atoms with Gasteiger partial charge in [-0.25, -0.2) is 0 Å². The van der Waals surface area contributed by atoms with E-state index in [0.717, 1.165) is 92.1 Å². The van der Waals surface area contributed by atoms with Crippen molar-refractivity contribution in [2.75, 3.05) is 50.7 Å². The molecule has 0 amide bonds. The van der Waals surface area contributed by atoms with Crippen molar-refractivity contribution in [3.8, 4) is 11.5 Å². The van der Waals surface area contributed by atoms with E-state index in [9.17, 15) is 25.9 Å². The first-order chi connectivity index (χ1) is 31.1. The third-order valence-electron chi connectivity index (χ3n) is 13.9. The summed E-state index contributed by atoms with van der Waals surface area (Å²) in [5, 5.41) is 1.54. The van der Waals surface area contributed by atoms with Crippen molar-refractivity contribution in [2.24, 2.45) is 5.92 Å². The number of hydrogen-bond donors (Lipinski definition) is 2. The Hall–Kier alpha value is -4.82. The number of aryl methyl sites for hydroxylation is 4. The molecule has 0 saturated carbocycles. The van der Waals surface area contributed by atoms with Crippen LogP contribution in [0.15, 0.2) is 101 Å². The van der Waals surface area contributed by atoms with Crippen molar-refractivity contribution in [3.05, 3.63) is 140 Å². The Labute approximate surface area is 385 Å². The number of fused-ring (bicyclic) bond motifs is 2. The number of likely N-dealkylation sites (tertiary alicyclic amines) is 2. The highest BCUT2D eigenvalue weighted by molar-refractivity contribution is 7.86. The smallest absolute Gasteiger partial charge is 0.295 e. The molecule has 5 aromatic carbocycles. The molecule has 344 valence electrons. The summed E-state index contributed by atoms with van der Waals surface area (Å²) in [5.74, 6) is 1.40. The summed E-state index contributed by atoms with van der Waals surface area (Å²) in [6, 6.07) is 28.0. The lowest BCUT2D eigenvalue weighted by molar-refractivity contribution is 0.217. The second kappa shape index (κ2) is 19.6. The lowest BCUT2D eigenvalue weighted by Gasteiger charge is -2.33. The van der Waals surface area contributed by atoms with Crippen LogP contribution >= 0.6 is 0 Å². The van der Waals surface area contributed by atoms with Gasteiger partial charge >= 0.3 is 0 Å². The summed E-state index contributed by atoms with van der Waals surface area (Å²) in [6.07, 6.45) is 10.7. The van der Waals surface area contributed by atoms with E-state index in [-0.39, 0.29) is 17.4 Å². The highest BCUT2D eigenvalue weighted by atomic mass is 32.2. The minimum absolute atomic E-state index is 0.0786. The van der Waals surface area contributed by atoms with Crippen LogP contribution in [0.4, 0.5) is 11.4 Å². The number of benzene rings is 5. The fraction of sp³-hybridized carbons (Fsp3) is 0.396. The number of anilines is 2. The third-order valence-corrected chi connectivity index (χ3v) is 15.7. The van der Waals surface area contributed by atoms with Gasteiger partial charge in [-0.2, -0.15) is 16.8 Å². The maximum Gasteiger partial charge on any atom is 0.295 e. The summed E-state index contributed by atoms with van der Waals surface area (Å²) >= 11 is 0. The molecule has 3 aliphatic rings. The first kappa shape index (κ1) is 46.7. The normalized spacial score (nSPS) is 17.3. The van der Waals surface area contributed by atoms with Crippen molar-refractivity contribution >= 4 is 43.3 Å². The molecule has 0 radical (unpaired) electrons. The molecular formula is C53H63N3O7S2. The SMILES string of the molecule is Cc1cccc(C)c1C(C)C(/C=c1/ccc2c(c1)Oc1cc(N(CCN3CCCCC3)c3c(C)cccc3C)ccc1C=2c1ccc(S(=O)(=O)O)cc1S(=O)(=O)O)CCN1CCCCC1. The Balaban J connectivity index is 1.30. The van der Waals surface area contributed by atoms with Crippen LogP contribution in [-0.2, 0) is 20.2 Å². The van der Waals surface area contributed by atoms with Gasteiger partial charge in [-0.1, -0.05) is 74.4 Å². The molecule has 10 nitrogen and oxygen atoms in total. The Morgan fingerprint density at radius 2 is 1.26 bits per heavy atom. The van der Waals surface area contributed by atoms with Gasteiger partial charge < -0.3 is 19.4 Å². The van der Waals surface area contributed by atoms with Gasteiger partial charge in [0.15, 0.2) is 0 Å². The van der Waals surface area contributed by atoms with E-state index in [1.54, 1.807) is 0 Å². The van der Waals surface area contributed by atoms with Crippen LogP contribution in [-0.4, -0.2) is 81.6 Å². The average molecular weight is 918 g/mol. The Morgan fingerprint density at radius 3 is 1.88 bits per heavy atom. The van der Waals surface area contributed by atoms with Crippen molar-refractivity contribution in [1.82, 2.24) is 9.80 Å². The van der Waals surface area contributed by atoms with Gasteiger partial charge in [0.1, 0.15) is 16.4 Å². The first-order valence-electron chi connectivity index (χ1n) is 23.2. The molecule has 2 N–H and O–H groups in total. The minimum atomic E-state index is -5.00. The molecule has 65 heavy (non-hydrogen) atoms. The van der Waals surface area contributed by atoms with Crippen molar-refractivity contribution < 1.29 is 30.7 Å². The number of nitrogens with zero attached hydrogens (tertiary/aromatic N) is 3. The summed E-state index contributed by atoms with van der Waals surface area (Å²) in [6.45, 7) is 17.9. The number of ether oxygens (including phenoxy) is 1. The zero-order chi connectivity index (χ0) is 46.0. The molecule has 8 rings (SSSR count). The third kappa shape index (κ3) is 10.4. The number of rotatable bonds is 14. The van der Waals surface area contributed by atoms with E-state index in [1.807, 2.05) is 36.4 Å². The average Bonchev–Trinajstić information content (AvgIpc) is 3.27. The molecule has 2 atom stereocenters. The maximum absolute atomic E-state index is 13.2. The maximum atomic E-state index is 13.2. The number of piperidine rings is 2. The molecule has 2 saturated heterocycles. The van der Waals surface area contributed by atoms with E-state index in [1.165, 1.54) is 61.3 Å². The van der Waals surface area contributed by atoms with Crippen LogP contribution in [0.5, 0.6) is 11.5 Å². The predicted molar refractivity (Wildman–Crippen MR) is 260 cm³/mol. The molecule has 3 aliphatic heterocycles. The fourth-order valence-electron chi connectivity index (χ4n) is 10.6. The number of para-hydroxylation sites is 1. The van der Waals surface area contributed by atoms with Gasteiger partial charge in [-0.15, -0.1) is 0 Å². The summed E-state index contributed by atoms with van der Waals surface area (Å²) in [4.78, 5) is 6.16. The monoisotopic (exact) mass is 917 g/mol. The molecule has 0 aliphatic carbocycles. The Kier molecular flexibility index (Phi) is 14.1. The summed E-state index contributed by atoms with van der Waals surface area (Å²) in [7, 11) is -9.80. The molecule has 2 unspecified atom stereocenters. The fourth-order valence-corrected chi connectivity index (χ4v) is 11.9. The molecule has 0 aromatic heterocycles. The van der Waals surface area contributed by atoms with Crippen molar-refractivity contribution in [1.29, 1.82) is 0 Å². The van der Waals surface area contributed by atoms with Crippen LogP contribution in [0.25, 0.3) is 11.6 Å². The van der Waals surface area contributed by atoms with Gasteiger partial charge in [0, 0.05) is 52.4 Å². The second-order valence-corrected chi connectivity index (χ2v) is 21.2. The van der Waals surface area contributed by atoms with Gasteiger partial charge in [0.25, 0.3) is 20.2 Å². The van der Waals surface area contributed by atoms with E-state index in [0.29, 0.717) is 27.9 Å². The van der Waals surface area contributed by atoms with Crippen LogP contribution in [0.2, 0.25) is 0 Å². The zero-order valence-electron chi connectivity index (χ0n) is 38.4. The molecular weight excluding hydrogens is 855 g/mol. The molecule has 5 aromatic rings. The quantitative estimate of drug-likeness (QED) is 0.102. The first-order valence-corrected chi connectivity index (χ1v) is 26.1. The minimum Gasteiger partial charge on any atom is -0.456 e. The van der Waals surface area contributed by atoms with E-state index in [4.69, 9.17) is 4.74 Å². The largest absolute Gasteiger partial charge is 0.456 e. The molecule has 12 heteroatoms. The predicted octanol–water partition coefficient (Wildman–Crippen LogP) is 9.47. The highest BCUT2D eigenvalue weighted by Crippen LogP contribution is 2.43. The van der Waals surface area contributed by atoms with Crippen LogP contribution in [0.3, 0.4) is 0 Å². The van der Waals surface area contributed by atoms with E-state index < -0.39 is 30.0 Å². The van der Waals surface area contributed by atoms with Gasteiger partial charge in [-0.3, -0.25) is 9.11 Å². The van der Waals surface area contributed by atoms with Crippen molar-refractivity contribution in [3.63, 3.8) is 0 Å². The highest BCUT2D eigenvalue weighted by Gasteiger charge is 2.29. The number of hydrogen-bond acceptors (Lipinski definition) is 8. The second-order valence-electron chi connectivity index (χ2n) is 18.4. The van der Waals surface area contributed by atoms with Gasteiger partial charge in [-0.05, 0) is 174 Å². The van der Waals surface area contributed by atoms with Gasteiger partial charge in [0.05, 0.1) is 4.90 Å². The van der Waals surface area contributed by atoms with Crippen molar-refractivity contribution in [2.45, 2.75) is 95.3 Å². The molecule has 0 spiro atoms. The topological polar surface area (TPSA) is 128 Å². The van der Waals surface area contributed by atoms with Crippen LogP contribution < -0.4 is 20.1 Å². The molecule has 2 fully saturated rings. The Bertz CT molecular complexity index is 2880. The standard InChI is InChI=1S/C53H63N3O7S2/c1-36-14-12-15-37(2)51(36)40(5)42(24-29-54-25-8-6-9-26-54)32-41-18-21-45-48(33-41)63-49-34-43(56(31-30-55-27-10-7-11-28-55)53-38(3)16-13-17-39(53)4)19-22-46(49)52(45)47-23-20-44(64(57,58)59)35-50(47)65(60,61)62/h12-23,32-35,40,42H,6-11,24-31H2,1-5H3,(H,57,58,59)(H,60,61,62)/b41-32-. The Morgan fingerprint density at radius 1 is 0.662 bits per heavy atom. The zero-order valence-corrected chi connectivity index (χ0v) is 40.0.